The molecule has 0 atom stereocenters. The number of pyridine rings is 2. The summed E-state index contributed by atoms with van der Waals surface area (Å²) < 4.78 is 0. The van der Waals surface area contributed by atoms with Gasteiger partial charge in [0.15, 0.2) is 5.78 Å². The molecule has 0 aliphatic heterocycles. The van der Waals surface area contributed by atoms with E-state index in [1.165, 1.54) is 11.1 Å². The number of hydrogen-bond acceptors (Lipinski definition) is 3. The van der Waals surface area contributed by atoms with Crippen LogP contribution in [0.2, 0.25) is 0 Å². The minimum absolute atomic E-state index is 0. The van der Waals surface area contributed by atoms with Gasteiger partial charge in [-0.3, -0.25) is 4.79 Å². The third-order valence-corrected chi connectivity index (χ3v) is 6.91. The number of nitrogens with zero attached hydrogens (tertiary/aromatic N) is 2. The first-order valence-electron chi connectivity index (χ1n) is 13.0. The summed E-state index contributed by atoms with van der Waals surface area (Å²) in [5.74, 6) is 0.0942. The van der Waals surface area contributed by atoms with E-state index in [-0.39, 0.29) is 25.9 Å². The number of rotatable bonds is 2. The standard InChI is InChI=1S/C24H16NO.C12H10N.Ir/c1-14-9-15(2)11-17(10-14)23-20-13-22-21(12-16(20)7-8-25-23)18-5-3-4-6-19(18)24(22)26;1-10-7-8-12(13-9-10)11-5-3-2-4-6-11;/h3-10,12-13H,1-2H3;2-5,7-9H,1H3;/q2*-1;. The molecule has 3 nitrogen and oxygen atoms in total. The van der Waals surface area contributed by atoms with Crippen molar-refractivity contribution < 1.29 is 24.9 Å². The van der Waals surface area contributed by atoms with Crippen molar-refractivity contribution in [1.82, 2.24) is 9.97 Å². The van der Waals surface area contributed by atoms with E-state index in [2.05, 4.69) is 53.3 Å². The second-order valence-electron chi connectivity index (χ2n) is 9.90. The van der Waals surface area contributed by atoms with Crippen molar-refractivity contribution in [1.29, 1.82) is 0 Å². The molecule has 1 aliphatic carbocycles. The van der Waals surface area contributed by atoms with Crippen molar-refractivity contribution in [3.63, 3.8) is 0 Å². The maximum Gasteiger partial charge on any atom is 0.194 e. The van der Waals surface area contributed by atoms with Gasteiger partial charge in [-0.1, -0.05) is 50.2 Å². The number of carbonyl (C=O) groups excluding carboxylic acids is 1. The minimum Gasteiger partial charge on any atom is -0.304 e. The van der Waals surface area contributed by atoms with Crippen LogP contribution in [0.4, 0.5) is 0 Å². The topological polar surface area (TPSA) is 42.9 Å². The van der Waals surface area contributed by atoms with Gasteiger partial charge in [0.05, 0.1) is 0 Å². The fraction of sp³-hybridized carbons (Fsp3) is 0.0833. The SMILES string of the molecule is Cc1[c-]c(-c2nccc3cc4c(cc23)C(=O)c2ccccc2-4)cc(C)c1.Cc1ccc(-c2[c-]cccc2)nc1.[Ir]. The van der Waals surface area contributed by atoms with Gasteiger partial charge in [-0.2, -0.15) is 0 Å². The molecule has 7 rings (SSSR count). The summed E-state index contributed by atoms with van der Waals surface area (Å²) in [5.41, 5.74) is 10.9. The molecule has 2 heterocycles. The van der Waals surface area contributed by atoms with Crippen LogP contribution >= 0.6 is 0 Å². The van der Waals surface area contributed by atoms with Crippen molar-refractivity contribution in [2.45, 2.75) is 20.8 Å². The molecule has 4 heteroatoms. The molecule has 0 amide bonds. The molecule has 2 aromatic heterocycles. The van der Waals surface area contributed by atoms with Gasteiger partial charge in [0, 0.05) is 43.6 Å². The zero-order valence-corrected chi connectivity index (χ0v) is 24.8. The van der Waals surface area contributed by atoms with Gasteiger partial charge < -0.3 is 9.97 Å². The van der Waals surface area contributed by atoms with Crippen LogP contribution in [0.15, 0.2) is 103 Å². The zero-order valence-electron chi connectivity index (χ0n) is 22.5. The zero-order chi connectivity index (χ0) is 26.9. The van der Waals surface area contributed by atoms with Crippen LogP contribution in [-0.2, 0) is 20.1 Å². The third kappa shape index (κ3) is 5.29. The maximum atomic E-state index is 12.9. The molecule has 1 radical (unpaired) electrons. The van der Waals surface area contributed by atoms with Gasteiger partial charge in [-0.25, -0.2) is 0 Å². The van der Waals surface area contributed by atoms with E-state index in [1.807, 2.05) is 93.0 Å². The fourth-order valence-electron chi connectivity index (χ4n) is 5.11. The molecule has 6 aromatic rings. The number of carbonyl (C=O) groups is 1. The van der Waals surface area contributed by atoms with E-state index in [1.54, 1.807) is 0 Å². The second kappa shape index (κ2) is 11.5. The van der Waals surface area contributed by atoms with Gasteiger partial charge >= 0.3 is 0 Å². The Morgan fingerprint density at radius 1 is 0.675 bits per heavy atom. The first-order valence-corrected chi connectivity index (χ1v) is 13.0. The van der Waals surface area contributed by atoms with Crippen LogP contribution in [-0.4, -0.2) is 15.8 Å². The number of aryl methyl sites for hydroxylation is 3. The average Bonchev–Trinajstić information content (AvgIpc) is 3.23. The summed E-state index contributed by atoms with van der Waals surface area (Å²) in [4.78, 5) is 21.8. The van der Waals surface area contributed by atoms with E-state index < -0.39 is 0 Å². The molecule has 0 N–H and O–H groups in total. The van der Waals surface area contributed by atoms with Crippen LogP contribution in [0.1, 0.15) is 32.6 Å². The van der Waals surface area contributed by atoms with E-state index in [0.29, 0.717) is 0 Å². The summed E-state index contributed by atoms with van der Waals surface area (Å²) in [7, 11) is 0. The Bertz CT molecular complexity index is 1820. The van der Waals surface area contributed by atoms with Crippen LogP contribution in [0, 0.1) is 32.9 Å². The molecule has 0 unspecified atom stereocenters. The molecular formula is C36H26IrN2O-2. The van der Waals surface area contributed by atoms with Crippen LogP contribution in [0.5, 0.6) is 0 Å². The first-order chi connectivity index (χ1) is 19.0. The van der Waals surface area contributed by atoms with Crippen molar-refractivity contribution in [3.8, 4) is 33.6 Å². The van der Waals surface area contributed by atoms with Gasteiger partial charge in [-0.05, 0) is 64.0 Å². The first kappa shape index (κ1) is 27.3. The molecule has 0 fully saturated rings. The molecule has 4 aromatic carbocycles. The maximum absolute atomic E-state index is 12.9. The number of aromatic nitrogens is 2. The van der Waals surface area contributed by atoms with Crippen LogP contribution in [0.3, 0.4) is 0 Å². The van der Waals surface area contributed by atoms with E-state index in [9.17, 15) is 4.79 Å². The number of ketones is 1. The molecule has 1 aliphatic rings. The number of benzene rings is 4. The van der Waals surface area contributed by atoms with Crippen molar-refractivity contribution in [3.05, 3.63) is 143 Å². The Kier molecular flexibility index (Phi) is 7.84. The van der Waals surface area contributed by atoms with Gasteiger partial charge in [0.1, 0.15) is 0 Å². The van der Waals surface area contributed by atoms with Gasteiger partial charge in [0.25, 0.3) is 0 Å². The molecule has 0 bridgehead atoms. The van der Waals surface area contributed by atoms with Crippen LogP contribution in [0.25, 0.3) is 44.4 Å². The second-order valence-corrected chi connectivity index (χ2v) is 9.90. The quantitative estimate of drug-likeness (QED) is 0.171. The van der Waals surface area contributed by atoms with Crippen LogP contribution < -0.4 is 0 Å². The summed E-state index contributed by atoms with van der Waals surface area (Å²) >= 11 is 0. The van der Waals surface area contributed by atoms with Crippen molar-refractivity contribution >= 4 is 16.6 Å². The Balaban J connectivity index is 0.000000195. The minimum atomic E-state index is 0. The molecular weight excluding hydrogens is 669 g/mol. The average molecular weight is 695 g/mol. The molecule has 40 heavy (non-hydrogen) atoms. The molecule has 197 valence electrons. The smallest absolute Gasteiger partial charge is 0.194 e. The Morgan fingerprint density at radius 3 is 2.20 bits per heavy atom. The monoisotopic (exact) mass is 695 g/mol. The summed E-state index contributed by atoms with van der Waals surface area (Å²) in [6.07, 6.45) is 3.70. The Morgan fingerprint density at radius 2 is 1.48 bits per heavy atom. The normalized spacial score (nSPS) is 11.2. The number of hydrogen-bond donors (Lipinski definition) is 0. The number of fused-ring (bicyclic) bond motifs is 4. The Labute approximate surface area is 248 Å². The summed E-state index contributed by atoms with van der Waals surface area (Å²) in [6, 6.07) is 36.6. The van der Waals surface area contributed by atoms with E-state index in [0.717, 1.165) is 61.1 Å². The predicted octanol–water partition coefficient (Wildman–Crippen LogP) is 8.38. The van der Waals surface area contributed by atoms with E-state index in [4.69, 9.17) is 0 Å². The summed E-state index contributed by atoms with van der Waals surface area (Å²) in [5, 5.41) is 2.08. The third-order valence-electron chi connectivity index (χ3n) is 6.91. The predicted molar refractivity (Wildman–Crippen MR) is 158 cm³/mol. The van der Waals surface area contributed by atoms with Crippen molar-refractivity contribution in [2.24, 2.45) is 0 Å². The van der Waals surface area contributed by atoms with Gasteiger partial charge in [0.2, 0.25) is 0 Å². The molecule has 0 saturated heterocycles. The van der Waals surface area contributed by atoms with Gasteiger partial charge in [-0.15, -0.1) is 70.8 Å². The molecule has 0 spiro atoms. The summed E-state index contributed by atoms with van der Waals surface area (Å²) in [6.45, 7) is 6.15. The van der Waals surface area contributed by atoms with E-state index >= 15 is 0 Å². The molecule has 0 saturated carbocycles. The largest absolute Gasteiger partial charge is 0.304 e. The Hall–Kier alpha value is -4.24. The van der Waals surface area contributed by atoms with Crippen molar-refractivity contribution in [2.75, 3.05) is 0 Å². The fourth-order valence-corrected chi connectivity index (χ4v) is 5.11.